The maximum absolute atomic E-state index is 4.76. The van der Waals surface area contributed by atoms with Crippen molar-refractivity contribution in [2.24, 2.45) is 10.9 Å². The molecule has 144 valence electrons. The Kier molecular flexibility index (Phi) is 10.9. The number of hydrogen-bond donors (Lipinski definition) is 2. The third kappa shape index (κ3) is 7.76. The Morgan fingerprint density at radius 2 is 2.20 bits per heavy atom. The van der Waals surface area contributed by atoms with Crippen LogP contribution in [0.5, 0.6) is 0 Å². The number of aromatic nitrogens is 2. The topological polar surface area (TPSA) is 54.2 Å². The average molecular weight is 479 g/mol. The summed E-state index contributed by atoms with van der Waals surface area (Å²) in [7, 11) is 0. The van der Waals surface area contributed by atoms with Gasteiger partial charge in [-0.25, -0.2) is 9.98 Å². The molecule has 0 aliphatic heterocycles. The van der Waals surface area contributed by atoms with Gasteiger partial charge >= 0.3 is 0 Å². The number of imidazole rings is 1. The lowest BCUT2D eigenvalue weighted by Gasteiger charge is -2.17. The summed E-state index contributed by atoms with van der Waals surface area (Å²) in [5, 5.41) is 7.80. The largest absolute Gasteiger partial charge is 0.357 e. The summed E-state index contributed by atoms with van der Waals surface area (Å²) in [6, 6.07) is 0.544. The molecule has 1 fully saturated rings. The van der Waals surface area contributed by atoms with E-state index in [2.05, 4.69) is 65.8 Å². The average Bonchev–Trinajstić information content (AvgIpc) is 3.14. The Labute approximate surface area is 174 Å². The van der Waals surface area contributed by atoms with Gasteiger partial charge in [0.1, 0.15) is 12.4 Å². The van der Waals surface area contributed by atoms with Crippen molar-refractivity contribution in [2.75, 3.05) is 12.3 Å². The number of halogens is 1. The second-order valence-corrected chi connectivity index (χ2v) is 8.39. The Balaban J connectivity index is 0.00000312. The molecule has 1 aromatic rings. The second kappa shape index (κ2) is 12.0. The molecule has 1 aliphatic rings. The number of guanidine groups is 1. The molecule has 2 unspecified atom stereocenters. The van der Waals surface area contributed by atoms with Crippen LogP contribution in [0.3, 0.4) is 0 Å². The van der Waals surface area contributed by atoms with Crippen molar-refractivity contribution in [2.45, 2.75) is 71.3 Å². The molecule has 0 radical (unpaired) electrons. The molecule has 1 aromatic heterocycles. The maximum Gasteiger partial charge on any atom is 0.191 e. The van der Waals surface area contributed by atoms with E-state index in [-0.39, 0.29) is 24.0 Å². The fraction of sp³-hybridized carbons (Fsp3) is 0.778. The van der Waals surface area contributed by atoms with Crippen LogP contribution >= 0.6 is 35.7 Å². The lowest BCUT2D eigenvalue weighted by Crippen LogP contribution is -2.42. The van der Waals surface area contributed by atoms with E-state index in [0.29, 0.717) is 18.5 Å². The molecule has 2 rings (SSSR count). The molecule has 0 amide bonds. The van der Waals surface area contributed by atoms with Gasteiger partial charge in [-0.2, -0.15) is 11.8 Å². The number of thioether (sulfide) groups is 1. The third-order valence-electron chi connectivity index (χ3n) is 4.21. The first-order valence-electron chi connectivity index (χ1n) is 9.28. The standard InChI is InChI=1S/C18H33N5S.HI/c1-5-19-18(22-15-7-8-16(11-15)24-6-2)21-12-17-20-9-10-23(17)13-14(3)4;/h9-10,14-16H,5-8,11-13H2,1-4H3,(H2,19,21,22);1H. The highest BCUT2D eigenvalue weighted by Crippen LogP contribution is 2.29. The van der Waals surface area contributed by atoms with Gasteiger partial charge in [0.25, 0.3) is 0 Å². The summed E-state index contributed by atoms with van der Waals surface area (Å²) < 4.78 is 2.21. The zero-order valence-corrected chi connectivity index (χ0v) is 19.1. The molecule has 25 heavy (non-hydrogen) atoms. The van der Waals surface area contributed by atoms with Crippen molar-refractivity contribution in [3.05, 3.63) is 18.2 Å². The zero-order chi connectivity index (χ0) is 17.4. The van der Waals surface area contributed by atoms with E-state index >= 15 is 0 Å². The Morgan fingerprint density at radius 3 is 2.88 bits per heavy atom. The van der Waals surface area contributed by atoms with Crippen LogP contribution in [0.25, 0.3) is 0 Å². The van der Waals surface area contributed by atoms with Crippen LogP contribution < -0.4 is 10.6 Å². The molecule has 0 spiro atoms. The van der Waals surface area contributed by atoms with Crippen LogP contribution in [0.4, 0.5) is 0 Å². The van der Waals surface area contributed by atoms with Gasteiger partial charge < -0.3 is 15.2 Å². The normalized spacial score (nSPS) is 20.6. The van der Waals surface area contributed by atoms with E-state index in [1.54, 1.807) is 0 Å². The number of nitrogens with zero attached hydrogens (tertiary/aromatic N) is 3. The van der Waals surface area contributed by atoms with Gasteiger partial charge in [0.05, 0.1) is 0 Å². The summed E-state index contributed by atoms with van der Waals surface area (Å²) >= 11 is 2.09. The van der Waals surface area contributed by atoms with Crippen LogP contribution in [-0.2, 0) is 13.1 Å². The van der Waals surface area contributed by atoms with E-state index in [9.17, 15) is 0 Å². The van der Waals surface area contributed by atoms with E-state index < -0.39 is 0 Å². The quantitative estimate of drug-likeness (QED) is 0.338. The summed E-state index contributed by atoms with van der Waals surface area (Å²) in [4.78, 5) is 9.23. The van der Waals surface area contributed by atoms with Crippen LogP contribution in [0, 0.1) is 5.92 Å². The Hall–Kier alpha value is -0.440. The molecule has 2 atom stereocenters. The molecule has 0 bridgehead atoms. The van der Waals surface area contributed by atoms with Gasteiger partial charge in [0.15, 0.2) is 5.96 Å². The molecular formula is C18H34IN5S. The minimum atomic E-state index is 0. The summed E-state index contributed by atoms with van der Waals surface area (Å²) in [6.45, 7) is 11.3. The molecule has 1 heterocycles. The van der Waals surface area contributed by atoms with Gasteiger partial charge in [-0.05, 0) is 37.9 Å². The number of aliphatic imine (C=N–C) groups is 1. The number of hydrogen-bond acceptors (Lipinski definition) is 3. The highest BCUT2D eigenvalue weighted by Gasteiger charge is 2.25. The highest BCUT2D eigenvalue weighted by atomic mass is 127. The Morgan fingerprint density at radius 1 is 1.40 bits per heavy atom. The van der Waals surface area contributed by atoms with Gasteiger partial charge in [-0.1, -0.05) is 20.8 Å². The summed E-state index contributed by atoms with van der Waals surface area (Å²) in [5.74, 6) is 3.78. The fourth-order valence-electron chi connectivity index (χ4n) is 3.17. The molecule has 0 saturated heterocycles. The summed E-state index contributed by atoms with van der Waals surface area (Å²) in [6.07, 6.45) is 7.72. The fourth-order valence-corrected chi connectivity index (χ4v) is 4.32. The number of nitrogens with one attached hydrogen (secondary N) is 2. The maximum atomic E-state index is 4.76. The van der Waals surface area contributed by atoms with Crippen molar-refractivity contribution >= 4 is 41.7 Å². The molecule has 5 nitrogen and oxygen atoms in total. The van der Waals surface area contributed by atoms with Crippen molar-refractivity contribution in [1.29, 1.82) is 0 Å². The predicted octanol–water partition coefficient (Wildman–Crippen LogP) is 3.89. The molecular weight excluding hydrogens is 445 g/mol. The SMILES string of the molecule is CCNC(=NCc1nccn1CC(C)C)NC1CCC(SCC)C1.I. The molecule has 0 aromatic carbocycles. The van der Waals surface area contributed by atoms with Crippen LogP contribution in [0.1, 0.15) is 52.8 Å². The first-order valence-corrected chi connectivity index (χ1v) is 10.3. The van der Waals surface area contributed by atoms with E-state index in [1.807, 2.05) is 6.20 Å². The zero-order valence-electron chi connectivity index (χ0n) is 16.0. The molecule has 2 N–H and O–H groups in total. The summed E-state index contributed by atoms with van der Waals surface area (Å²) in [5.41, 5.74) is 0. The van der Waals surface area contributed by atoms with Crippen LogP contribution in [0.2, 0.25) is 0 Å². The lowest BCUT2D eigenvalue weighted by atomic mass is 10.2. The Bertz CT molecular complexity index is 517. The van der Waals surface area contributed by atoms with Gasteiger partial charge in [-0.3, -0.25) is 0 Å². The monoisotopic (exact) mass is 479 g/mol. The van der Waals surface area contributed by atoms with Gasteiger partial charge in [0.2, 0.25) is 0 Å². The minimum absolute atomic E-state index is 0. The molecule has 1 aliphatic carbocycles. The van der Waals surface area contributed by atoms with Crippen molar-refractivity contribution in [3.8, 4) is 0 Å². The first kappa shape index (κ1) is 22.6. The third-order valence-corrected chi connectivity index (χ3v) is 5.45. The first-order chi connectivity index (χ1) is 11.6. The molecule has 1 saturated carbocycles. The van der Waals surface area contributed by atoms with Crippen LogP contribution in [-0.4, -0.2) is 39.1 Å². The minimum Gasteiger partial charge on any atom is -0.357 e. The van der Waals surface area contributed by atoms with Crippen LogP contribution in [0.15, 0.2) is 17.4 Å². The van der Waals surface area contributed by atoms with E-state index in [4.69, 9.17) is 4.99 Å². The smallest absolute Gasteiger partial charge is 0.191 e. The second-order valence-electron chi connectivity index (χ2n) is 6.82. The van der Waals surface area contributed by atoms with E-state index in [0.717, 1.165) is 30.1 Å². The lowest BCUT2D eigenvalue weighted by molar-refractivity contribution is 0.507. The van der Waals surface area contributed by atoms with Crippen molar-refractivity contribution in [3.63, 3.8) is 0 Å². The van der Waals surface area contributed by atoms with Crippen molar-refractivity contribution in [1.82, 2.24) is 20.2 Å². The van der Waals surface area contributed by atoms with Gasteiger partial charge in [0, 0.05) is 36.8 Å². The number of rotatable bonds is 8. The predicted molar refractivity (Wildman–Crippen MR) is 120 cm³/mol. The molecule has 7 heteroatoms. The van der Waals surface area contributed by atoms with Crippen molar-refractivity contribution < 1.29 is 0 Å². The van der Waals surface area contributed by atoms with Gasteiger partial charge in [-0.15, -0.1) is 24.0 Å². The van der Waals surface area contributed by atoms with E-state index in [1.165, 1.54) is 25.0 Å². The highest BCUT2D eigenvalue weighted by molar-refractivity contribution is 14.0.